The molecule has 2 aliphatic rings. The van der Waals surface area contributed by atoms with Crippen LogP contribution in [0.4, 0.5) is 0 Å². The third-order valence-electron chi connectivity index (χ3n) is 8.77. The molecule has 0 aliphatic carbocycles. The Kier molecular flexibility index (Phi) is 16.7. The number of H-pyrrole nitrogens is 2. The molecule has 0 unspecified atom stereocenters. The van der Waals surface area contributed by atoms with Crippen molar-refractivity contribution in [3.63, 3.8) is 0 Å². The highest BCUT2D eigenvalue weighted by molar-refractivity contribution is 5.91. The van der Waals surface area contributed by atoms with E-state index in [2.05, 4.69) is 4.98 Å². The molecule has 342 valence electrons. The minimum Gasteiger partial charge on any atom is -0.462 e. The average molecular weight is 867 g/mol. The van der Waals surface area contributed by atoms with E-state index >= 15 is 0 Å². The van der Waals surface area contributed by atoms with E-state index in [4.69, 9.17) is 28.4 Å². The molecule has 0 amide bonds. The van der Waals surface area contributed by atoms with Crippen LogP contribution in [0.3, 0.4) is 0 Å². The number of Topliss-reactive ketones (excluding diaryl/α,β-unsaturated/α-hetero) is 1. The second-order valence-corrected chi connectivity index (χ2v) is 18.6. The summed E-state index contributed by atoms with van der Waals surface area (Å²) in [5.41, 5.74) is -8.07. The number of carbonyl (C=O) groups is 5. The molecule has 2 fully saturated rings. The summed E-state index contributed by atoms with van der Waals surface area (Å²) in [4.78, 5) is 113. The molecule has 2 aromatic rings. The van der Waals surface area contributed by atoms with Gasteiger partial charge in [-0.2, -0.15) is 0 Å². The molecule has 3 N–H and O–H groups in total. The first-order valence-corrected chi connectivity index (χ1v) is 19.7. The van der Waals surface area contributed by atoms with Gasteiger partial charge in [-0.1, -0.05) is 13.8 Å². The van der Waals surface area contributed by atoms with E-state index in [1.165, 1.54) is 13.1 Å². The third kappa shape index (κ3) is 13.4. The van der Waals surface area contributed by atoms with Gasteiger partial charge >= 0.3 is 35.3 Å². The zero-order chi connectivity index (χ0) is 47.2. The molecule has 7 atom stereocenters. The SMILES string of the molecule is CC.CC(C)(C)C(=O)OC[C@H]1O[C@@H](n2ccc(=O)[nH]c2=O)C(=O)[C@@H]1OC(=O)C(C)(C)C.CC(C)(C)C(=O)OC[C@H]1O[C@@H](n2ccc(=O)[nH]c2=O)[C@@](C)(O)[C@@H]1OC(=O)C(C)(C)C. The van der Waals surface area contributed by atoms with Crippen molar-refractivity contribution < 1.29 is 57.5 Å². The first-order valence-electron chi connectivity index (χ1n) is 19.7. The van der Waals surface area contributed by atoms with Crippen molar-refractivity contribution in [1.82, 2.24) is 19.1 Å². The lowest BCUT2D eigenvalue weighted by molar-refractivity contribution is -0.175. The number of aromatic amines is 2. The molecule has 0 bridgehead atoms. The first kappa shape index (κ1) is 51.9. The lowest BCUT2D eigenvalue weighted by Crippen LogP contribution is -2.50. The lowest BCUT2D eigenvalue weighted by Gasteiger charge is -2.32. The van der Waals surface area contributed by atoms with Crippen molar-refractivity contribution in [2.75, 3.05) is 13.2 Å². The number of esters is 4. The molecule has 4 rings (SSSR count). The molecule has 0 spiro atoms. The Morgan fingerprint density at radius 3 is 1.44 bits per heavy atom. The number of hydrogen-bond donors (Lipinski definition) is 3. The summed E-state index contributed by atoms with van der Waals surface area (Å²) in [6.45, 7) is 24.5. The maximum Gasteiger partial charge on any atom is 0.330 e. The largest absolute Gasteiger partial charge is 0.462 e. The van der Waals surface area contributed by atoms with Crippen molar-refractivity contribution in [2.24, 2.45) is 21.7 Å². The van der Waals surface area contributed by atoms with Gasteiger partial charge < -0.3 is 33.5 Å². The van der Waals surface area contributed by atoms with Crippen LogP contribution in [0.25, 0.3) is 0 Å². The number of nitrogens with one attached hydrogen (secondary N) is 2. The number of rotatable bonds is 8. The maximum absolute atomic E-state index is 12.9. The van der Waals surface area contributed by atoms with Gasteiger partial charge in [0.1, 0.15) is 31.0 Å². The van der Waals surface area contributed by atoms with Crippen molar-refractivity contribution in [3.8, 4) is 0 Å². The van der Waals surface area contributed by atoms with Crippen LogP contribution in [-0.4, -0.2) is 97.1 Å². The summed E-state index contributed by atoms with van der Waals surface area (Å²) in [5, 5.41) is 11.2. The fourth-order valence-electron chi connectivity index (χ4n) is 5.21. The van der Waals surface area contributed by atoms with Gasteiger partial charge in [0.15, 0.2) is 18.4 Å². The monoisotopic (exact) mass is 866 g/mol. The van der Waals surface area contributed by atoms with Crippen molar-refractivity contribution in [1.29, 1.82) is 0 Å². The van der Waals surface area contributed by atoms with Crippen LogP contribution in [-0.2, 0) is 52.4 Å². The lowest BCUT2D eigenvalue weighted by atomic mass is 9.93. The molecule has 2 saturated heterocycles. The van der Waals surface area contributed by atoms with Crippen LogP contribution in [0.5, 0.6) is 0 Å². The standard InChI is InChI=1S/C20H30N2O8.C19H26N2O8.C2H6/c1-18(2,3)15(24)28-10-11-13(30-16(25)19(4,5)6)20(7,27)14(29-11)22-9-8-12(23)21-17(22)26;1-18(2,3)15(24)27-9-10-13(29-16(25)19(4,5)6)12(23)14(28-10)21-8-7-11(22)20-17(21)26;1-2/h8-9,11,13-14,27H,10H2,1-7H3,(H,21,23,26);7-8,10,13-14H,9H2,1-6H3,(H,20,22,26);1-2H3/t11-,13-,14-,20+;10-,13-,14-;/m11./s1. The van der Waals surface area contributed by atoms with Crippen LogP contribution < -0.4 is 22.5 Å². The first-order chi connectivity index (χ1) is 27.8. The molecule has 4 heterocycles. The minimum absolute atomic E-state index is 0.303. The fraction of sp³-hybridized carbons (Fsp3) is 0.683. The number of nitrogens with zero attached hydrogens (tertiary/aromatic N) is 2. The van der Waals surface area contributed by atoms with E-state index in [9.17, 15) is 48.3 Å². The highest BCUT2D eigenvalue weighted by Gasteiger charge is 2.57. The van der Waals surface area contributed by atoms with Gasteiger partial charge in [0.25, 0.3) is 11.1 Å². The smallest absolute Gasteiger partial charge is 0.330 e. The molecule has 0 aromatic carbocycles. The predicted molar refractivity (Wildman–Crippen MR) is 217 cm³/mol. The minimum atomic E-state index is -1.86. The summed E-state index contributed by atoms with van der Waals surface area (Å²) < 4.78 is 34.7. The highest BCUT2D eigenvalue weighted by Crippen LogP contribution is 2.40. The number of aromatic nitrogens is 4. The fourth-order valence-corrected chi connectivity index (χ4v) is 5.21. The van der Waals surface area contributed by atoms with Crippen LogP contribution in [0, 0.1) is 21.7 Å². The molecule has 0 saturated carbocycles. The molecular weight excluding hydrogens is 804 g/mol. The van der Waals surface area contributed by atoms with E-state index in [0.717, 1.165) is 27.5 Å². The number of ketones is 1. The van der Waals surface area contributed by atoms with Gasteiger partial charge in [0.05, 0.1) is 21.7 Å². The Hall–Kier alpha value is -5.21. The second kappa shape index (κ2) is 19.7. The highest BCUT2D eigenvalue weighted by atomic mass is 16.6. The van der Waals surface area contributed by atoms with Gasteiger partial charge in [0, 0.05) is 24.5 Å². The van der Waals surface area contributed by atoms with E-state index in [-0.39, 0.29) is 13.2 Å². The number of aliphatic hydroxyl groups is 1. The molecule has 0 radical (unpaired) electrons. The Morgan fingerprint density at radius 2 is 1.03 bits per heavy atom. The van der Waals surface area contributed by atoms with Crippen molar-refractivity contribution in [3.05, 3.63) is 66.2 Å². The van der Waals surface area contributed by atoms with E-state index in [1.54, 1.807) is 83.1 Å². The summed E-state index contributed by atoms with van der Waals surface area (Å²) >= 11 is 0. The van der Waals surface area contributed by atoms with Crippen molar-refractivity contribution >= 4 is 29.7 Å². The molecule has 20 nitrogen and oxygen atoms in total. The van der Waals surface area contributed by atoms with Gasteiger partial charge in [-0.25, -0.2) is 9.59 Å². The summed E-state index contributed by atoms with van der Waals surface area (Å²) in [5.74, 6) is -2.98. The van der Waals surface area contributed by atoms with Crippen LogP contribution in [0.2, 0.25) is 0 Å². The summed E-state index contributed by atoms with van der Waals surface area (Å²) in [6.07, 6.45) is -5.21. The van der Waals surface area contributed by atoms with E-state index < -0.39 is 116 Å². The van der Waals surface area contributed by atoms with Gasteiger partial charge in [-0.3, -0.25) is 52.7 Å². The Bertz CT molecular complexity index is 2140. The predicted octanol–water partition coefficient (Wildman–Crippen LogP) is 2.31. The normalized spacial score (nSPS) is 24.0. The van der Waals surface area contributed by atoms with Gasteiger partial charge in [-0.05, 0) is 90.0 Å². The van der Waals surface area contributed by atoms with Crippen molar-refractivity contribution in [2.45, 2.75) is 146 Å². The number of carbonyl (C=O) groups excluding carboxylic acids is 5. The third-order valence-corrected chi connectivity index (χ3v) is 8.77. The quantitative estimate of drug-likeness (QED) is 0.254. The Balaban J connectivity index is 0.000000404. The summed E-state index contributed by atoms with van der Waals surface area (Å²) in [6, 6.07) is 2.16. The van der Waals surface area contributed by atoms with Crippen LogP contribution in [0.15, 0.2) is 43.7 Å². The van der Waals surface area contributed by atoms with Gasteiger partial charge in [0.2, 0.25) is 12.0 Å². The maximum atomic E-state index is 12.9. The molecule has 20 heteroatoms. The molecule has 61 heavy (non-hydrogen) atoms. The van der Waals surface area contributed by atoms with Crippen LogP contribution in [0.1, 0.15) is 116 Å². The molecular formula is C41H62N4O16. The Morgan fingerprint density at radius 1 is 0.639 bits per heavy atom. The van der Waals surface area contributed by atoms with Gasteiger partial charge in [-0.15, -0.1) is 0 Å². The summed E-state index contributed by atoms with van der Waals surface area (Å²) in [7, 11) is 0. The number of ether oxygens (including phenoxy) is 6. The van der Waals surface area contributed by atoms with E-state index in [0.29, 0.717) is 0 Å². The topological polar surface area (TPSA) is 271 Å². The van der Waals surface area contributed by atoms with Crippen LogP contribution >= 0.6 is 0 Å². The zero-order valence-corrected chi connectivity index (χ0v) is 37.7. The average Bonchev–Trinajstić information content (AvgIpc) is 3.56. The zero-order valence-electron chi connectivity index (χ0n) is 37.7. The Labute approximate surface area is 353 Å². The van der Waals surface area contributed by atoms with E-state index in [1.807, 2.05) is 18.8 Å². The molecule has 2 aliphatic heterocycles. The molecule has 2 aromatic heterocycles. The second-order valence-electron chi connectivity index (χ2n) is 18.6. The number of hydrogen-bond acceptors (Lipinski definition) is 16.